The second kappa shape index (κ2) is 4.30. The Hall–Kier alpha value is -1.09. The number of hydrogen-bond acceptors (Lipinski definition) is 2. The van der Waals surface area contributed by atoms with Gasteiger partial charge in [-0.25, -0.2) is 4.39 Å². The molecule has 0 spiro atoms. The first-order valence-electron chi connectivity index (χ1n) is 6.42. The zero-order valence-electron chi connectivity index (χ0n) is 9.90. The van der Waals surface area contributed by atoms with Crippen LogP contribution in [0.25, 0.3) is 0 Å². The minimum absolute atomic E-state index is 0.0844. The molecule has 2 atom stereocenters. The Balaban J connectivity index is 1.85. The van der Waals surface area contributed by atoms with Gasteiger partial charge in [-0.2, -0.15) is 0 Å². The second-order valence-corrected chi connectivity index (χ2v) is 5.29. The summed E-state index contributed by atoms with van der Waals surface area (Å²) >= 11 is 0. The molecule has 1 N–H and O–H groups in total. The van der Waals surface area contributed by atoms with E-state index in [1.54, 1.807) is 0 Å². The van der Waals surface area contributed by atoms with Crippen LogP contribution in [0.4, 0.5) is 10.1 Å². The normalized spacial score (nSPS) is 27.5. The molecule has 1 saturated heterocycles. The Bertz CT molecular complexity index is 409. The summed E-state index contributed by atoms with van der Waals surface area (Å²) in [6.07, 6.45) is 4.02. The zero-order chi connectivity index (χ0) is 11.8. The second-order valence-electron chi connectivity index (χ2n) is 5.29. The summed E-state index contributed by atoms with van der Waals surface area (Å²) in [5.41, 5.74) is 1.73. The van der Waals surface area contributed by atoms with Crippen LogP contribution in [-0.4, -0.2) is 18.2 Å². The number of nitrogens with zero attached hydrogens (tertiary/aromatic N) is 1. The van der Waals surface area contributed by atoms with Crippen molar-refractivity contribution in [1.29, 1.82) is 0 Å². The van der Waals surface area contributed by atoms with Crippen molar-refractivity contribution >= 4 is 5.69 Å². The molecule has 0 amide bonds. The smallest absolute Gasteiger partial charge is 0.123 e. The molecule has 2 unspecified atom stereocenters. The van der Waals surface area contributed by atoms with Crippen molar-refractivity contribution in [3.05, 3.63) is 29.6 Å². The fraction of sp³-hybridized carbons (Fsp3) is 0.571. The minimum Gasteiger partial charge on any atom is -0.392 e. The fourth-order valence-corrected chi connectivity index (χ4v) is 3.42. The van der Waals surface area contributed by atoms with Gasteiger partial charge in [-0.3, -0.25) is 0 Å². The summed E-state index contributed by atoms with van der Waals surface area (Å²) in [6.45, 7) is 2.06. The number of aliphatic hydroxyl groups excluding tert-OH is 1. The van der Waals surface area contributed by atoms with Gasteiger partial charge in [0.1, 0.15) is 5.82 Å². The molecule has 1 aromatic carbocycles. The Labute approximate surface area is 101 Å². The van der Waals surface area contributed by atoms with Gasteiger partial charge in [-0.15, -0.1) is 0 Å². The van der Waals surface area contributed by atoms with E-state index in [0.717, 1.165) is 30.6 Å². The van der Waals surface area contributed by atoms with Gasteiger partial charge in [-0.05, 0) is 42.9 Å². The van der Waals surface area contributed by atoms with E-state index in [1.165, 1.54) is 31.4 Å². The number of rotatable bonds is 2. The molecule has 1 aliphatic heterocycles. The van der Waals surface area contributed by atoms with Crippen molar-refractivity contribution in [2.75, 3.05) is 18.0 Å². The van der Waals surface area contributed by atoms with E-state index in [0.29, 0.717) is 5.56 Å². The summed E-state index contributed by atoms with van der Waals surface area (Å²) in [7, 11) is 0. The van der Waals surface area contributed by atoms with Crippen LogP contribution in [0, 0.1) is 17.7 Å². The summed E-state index contributed by atoms with van der Waals surface area (Å²) < 4.78 is 13.1. The van der Waals surface area contributed by atoms with Crippen LogP contribution >= 0.6 is 0 Å². The highest BCUT2D eigenvalue weighted by molar-refractivity contribution is 5.54. The molecule has 0 radical (unpaired) electrons. The molecule has 0 bridgehead atoms. The first kappa shape index (κ1) is 11.0. The molecule has 92 valence electrons. The molecule has 1 aromatic rings. The molecule has 1 saturated carbocycles. The van der Waals surface area contributed by atoms with Gasteiger partial charge in [0, 0.05) is 24.3 Å². The van der Waals surface area contributed by atoms with Crippen molar-refractivity contribution in [2.24, 2.45) is 11.8 Å². The first-order chi connectivity index (χ1) is 8.28. The van der Waals surface area contributed by atoms with Crippen molar-refractivity contribution < 1.29 is 9.50 Å². The van der Waals surface area contributed by atoms with Gasteiger partial charge in [0.15, 0.2) is 0 Å². The highest BCUT2D eigenvalue weighted by Crippen LogP contribution is 2.40. The van der Waals surface area contributed by atoms with E-state index in [-0.39, 0.29) is 12.4 Å². The number of benzene rings is 1. The van der Waals surface area contributed by atoms with Crippen LogP contribution < -0.4 is 4.90 Å². The fourth-order valence-electron chi connectivity index (χ4n) is 3.42. The Morgan fingerprint density at radius 2 is 1.94 bits per heavy atom. The largest absolute Gasteiger partial charge is 0.392 e. The van der Waals surface area contributed by atoms with Crippen molar-refractivity contribution in [1.82, 2.24) is 0 Å². The molecule has 3 heteroatoms. The average Bonchev–Trinajstić information content (AvgIpc) is 2.89. The lowest BCUT2D eigenvalue weighted by atomic mass is 10.0. The van der Waals surface area contributed by atoms with Gasteiger partial charge in [0.05, 0.1) is 6.61 Å². The van der Waals surface area contributed by atoms with E-state index in [1.807, 2.05) is 6.07 Å². The molecule has 2 aliphatic rings. The molecule has 3 rings (SSSR count). The monoisotopic (exact) mass is 235 g/mol. The number of fused-ring (bicyclic) bond motifs is 1. The topological polar surface area (TPSA) is 23.5 Å². The van der Waals surface area contributed by atoms with Gasteiger partial charge >= 0.3 is 0 Å². The predicted molar refractivity (Wildman–Crippen MR) is 65.4 cm³/mol. The zero-order valence-corrected chi connectivity index (χ0v) is 9.90. The highest BCUT2D eigenvalue weighted by Gasteiger charge is 2.36. The van der Waals surface area contributed by atoms with Crippen LogP contribution in [-0.2, 0) is 6.61 Å². The third kappa shape index (κ3) is 1.93. The highest BCUT2D eigenvalue weighted by atomic mass is 19.1. The van der Waals surface area contributed by atoms with Gasteiger partial charge in [-0.1, -0.05) is 6.42 Å². The Morgan fingerprint density at radius 3 is 2.59 bits per heavy atom. The lowest BCUT2D eigenvalue weighted by molar-refractivity contribution is 0.281. The standard InChI is InChI=1S/C14H18FNO/c15-13-4-5-14(12(6-13)9-17)16-7-10-2-1-3-11(10)8-16/h4-6,10-11,17H,1-3,7-9H2. The lowest BCUT2D eigenvalue weighted by Crippen LogP contribution is -2.22. The van der Waals surface area contributed by atoms with Crippen LogP contribution in [0.3, 0.4) is 0 Å². The molecular formula is C14H18FNO. The van der Waals surface area contributed by atoms with Gasteiger partial charge in [0.2, 0.25) is 0 Å². The van der Waals surface area contributed by atoms with E-state index >= 15 is 0 Å². The SMILES string of the molecule is OCc1cc(F)ccc1N1CC2CCCC2C1. The van der Waals surface area contributed by atoms with Gasteiger partial charge in [0.25, 0.3) is 0 Å². The van der Waals surface area contributed by atoms with E-state index in [9.17, 15) is 9.50 Å². The third-order valence-corrected chi connectivity index (χ3v) is 4.28. The number of anilines is 1. The maximum atomic E-state index is 13.1. The van der Waals surface area contributed by atoms with Crippen LogP contribution in [0.15, 0.2) is 18.2 Å². The Kier molecular flexibility index (Phi) is 2.79. The van der Waals surface area contributed by atoms with E-state index in [4.69, 9.17) is 0 Å². The van der Waals surface area contributed by atoms with Crippen LogP contribution in [0.2, 0.25) is 0 Å². The Morgan fingerprint density at radius 1 is 1.24 bits per heavy atom. The molecule has 2 nitrogen and oxygen atoms in total. The molecule has 1 heterocycles. The number of aliphatic hydroxyl groups is 1. The lowest BCUT2D eigenvalue weighted by Gasteiger charge is -2.22. The summed E-state index contributed by atoms with van der Waals surface area (Å²) in [5.74, 6) is 1.36. The molecule has 1 aliphatic carbocycles. The third-order valence-electron chi connectivity index (χ3n) is 4.28. The summed E-state index contributed by atoms with van der Waals surface area (Å²) in [6, 6.07) is 4.74. The van der Waals surface area contributed by atoms with Crippen LogP contribution in [0.1, 0.15) is 24.8 Å². The van der Waals surface area contributed by atoms with Crippen molar-refractivity contribution in [2.45, 2.75) is 25.9 Å². The molecular weight excluding hydrogens is 217 g/mol. The van der Waals surface area contributed by atoms with E-state index < -0.39 is 0 Å². The first-order valence-corrected chi connectivity index (χ1v) is 6.42. The van der Waals surface area contributed by atoms with Gasteiger partial charge < -0.3 is 10.0 Å². The molecule has 0 aromatic heterocycles. The maximum absolute atomic E-state index is 13.1. The predicted octanol–water partition coefficient (Wildman–Crippen LogP) is 2.55. The summed E-state index contributed by atoms with van der Waals surface area (Å²) in [5, 5.41) is 9.31. The molecule has 2 fully saturated rings. The number of hydrogen-bond donors (Lipinski definition) is 1. The minimum atomic E-state index is -0.266. The quantitative estimate of drug-likeness (QED) is 0.851. The van der Waals surface area contributed by atoms with Crippen molar-refractivity contribution in [3.63, 3.8) is 0 Å². The summed E-state index contributed by atoms with van der Waals surface area (Å²) in [4.78, 5) is 2.32. The van der Waals surface area contributed by atoms with Crippen LogP contribution in [0.5, 0.6) is 0 Å². The molecule has 17 heavy (non-hydrogen) atoms. The average molecular weight is 235 g/mol. The van der Waals surface area contributed by atoms with Crippen molar-refractivity contribution in [3.8, 4) is 0 Å². The maximum Gasteiger partial charge on any atom is 0.123 e. The van der Waals surface area contributed by atoms with E-state index in [2.05, 4.69) is 4.90 Å². The number of halogens is 1.